The van der Waals surface area contributed by atoms with Crippen LogP contribution in [0.2, 0.25) is 0 Å². The van der Waals surface area contributed by atoms with E-state index in [1.165, 1.54) is 6.20 Å². The second-order valence-electron chi connectivity index (χ2n) is 3.51. The van der Waals surface area contributed by atoms with E-state index < -0.39 is 0 Å². The predicted molar refractivity (Wildman–Crippen MR) is 55.8 cm³/mol. The highest BCUT2D eigenvalue weighted by Gasteiger charge is 2.12. The standard InChI is InChI=1S/C9H16N4O/c1-6(2)7(5-14)12-9-4-11-3-8(10)13-9/h3-4,6-7,14H,5H2,1-2H3,(H3,10,12,13)/t7-/m1/s1. The Hall–Kier alpha value is -1.36. The van der Waals surface area contributed by atoms with Crippen LogP contribution in [0.15, 0.2) is 12.4 Å². The first kappa shape index (κ1) is 10.7. The zero-order chi connectivity index (χ0) is 10.6. The molecular weight excluding hydrogens is 180 g/mol. The van der Waals surface area contributed by atoms with Gasteiger partial charge in [0.2, 0.25) is 0 Å². The summed E-state index contributed by atoms with van der Waals surface area (Å²) in [6, 6.07) is -0.0221. The van der Waals surface area contributed by atoms with Crippen molar-refractivity contribution in [2.24, 2.45) is 5.92 Å². The summed E-state index contributed by atoms with van der Waals surface area (Å²) in [5, 5.41) is 12.2. The highest BCUT2D eigenvalue weighted by atomic mass is 16.3. The van der Waals surface area contributed by atoms with Gasteiger partial charge >= 0.3 is 0 Å². The normalized spacial score (nSPS) is 12.9. The molecule has 1 aromatic rings. The molecule has 0 fully saturated rings. The third-order valence-corrected chi connectivity index (χ3v) is 1.99. The Bertz CT molecular complexity index is 290. The van der Waals surface area contributed by atoms with Gasteiger partial charge in [-0.25, -0.2) is 4.98 Å². The minimum atomic E-state index is -0.0221. The van der Waals surface area contributed by atoms with Gasteiger partial charge in [-0.1, -0.05) is 13.8 Å². The van der Waals surface area contributed by atoms with Crippen LogP contribution < -0.4 is 11.1 Å². The van der Waals surface area contributed by atoms with Gasteiger partial charge in [0, 0.05) is 0 Å². The van der Waals surface area contributed by atoms with Gasteiger partial charge in [-0.2, -0.15) is 0 Å². The number of nitrogens with one attached hydrogen (secondary N) is 1. The predicted octanol–water partition coefficient (Wildman–Crippen LogP) is 0.488. The number of hydrogen-bond donors (Lipinski definition) is 3. The summed E-state index contributed by atoms with van der Waals surface area (Å²) in [5.74, 6) is 1.29. The van der Waals surface area contributed by atoms with Crippen LogP contribution in [0.5, 0.6) is 0 Å². The van der Waals surface area contributed by atoms with Crippen molar-refractivity contribution in [1.82, 2.24) is 9.97 Å². The zero-order valence-corrected chi connectivity index (χ0v) is 8.44. The van der Waals surface area contributed by atoms with E-state index >= 15 is 0 Å². The molecule has 1 rings (SSSR count). The van der Waals surface area contributed by atoms with E-state index in [0.717, 1.165) is 0 Å². The number of anilines is 2. The molecule has 1 atom stereocenters. The Morgan fingerprint density at radius 1 is 1.50 bits per heavy atom. The van der Waals surface area contributed by atoms with Crippen molar-refractivity contribution in [1.29, 1.82) is 0 Å². The lowest BCUT2D eigenvalue weighted by Gasteiger charge is -2.20. The molecular formula is C9H16N4O. The minimum absolute atomic E-state index is 0.0221. The summed E-state index contributed by atoms with van der Waals surface area (Å²) < 4.78 is 0. The van der Waals surface area contributed by atoms with E-state index in [0.29, 0.717) is 17.6 Å². The van der Waals surface area contributed by atoms with E-state index in [1.54, 1.807) is 6.20 Å². The van der Waals surface area contributed by atoms with Gasteiger partial charge in [-0.15, -0.1) is 0 Å². The Labute approximate surface area is 83.4 Å². The molecule has 0 aliphatic carbocycles. The number of rotatable bonds is 4. The summed E-state index contributed by atoms with van der Waals surface area (Å²) >= 11 is 0. The van der Waals surface area contributed by atoms with Gasteiger partial charge in [0.1, 0.15) is 11.6 Å². The molecule has 0 saturated carbocycles. The minimum Gasteiger partial charge on any atom is -0.394 e. The zero-order valence-electron chi connectivity index (χ0n) is 8.44. The van der Waals surface area contributed by atoms with Crippen molar-refractivity contribution in [3.8, 4) is 0 Å². The van der Waals surface area contributed by atoms with E-state index in [2.05, 4.69) is 15.3 Å². The molecule has 1 aromatic heterocycles. The molecule has 0 aliphatic heterocycles. The quantitative estimate of drug-likeness (QED) is 0.652. The summed E-state index contributed by atoms with van der Waals surface area (Å²) in [6.07, 6.45) is 3.07. The summed E-state index contributed by atoms with van der Waals surface area (Å²) in [7, 11) is 0. The molecule has 4 N–H and O–H groups in total. The van der Waals surface area contributed by atoms with Gasteiger partial charge in [0.25, 0.3) is 0 Å². The second-order valence-corrected chi connectivity index (χ2v) is 3.51. The fourth-order valence-corrected chi connectivity index (χ4v) is 1.06. The Balaban J connectivity index is 2.67. The maximum Gasteiger partial charge on any atom is 0.147 e. The molecule has 14 heavy (non-hydrogen) atoms. The molecule has 5 heteroatoms. The smallest absolute Gasteiger partial charge is 0.147 e. The maximum atomic E-state index is 9.09. The van der Waals surface area contributed by atoms with Crippen molar-refractivity contribution >= 4 is 11.6 Å². The van der Waals surface area contributed by atoms with Gasteiger partial charge in [0.15, 0.2) is 0 Å². The fraction of sp³-hybridized carbons (Fsp3) is 0.556. The van der Waals surface area contributed by atoms with E-state index in [4.69, 9.17) is 10.8 Å². The van der Waals surface area contributed by atoms with Crippen molar-refractivity contribution < 1.29 is 5.11 Å². The van der Waals surface area contributed by atoms with E-state index in [1.807, 2.05) is 13.8 Å². The first-order chi connectivity index (χ1) is 6.63. The molecule has 0 bridgehead atoms. The Kier molecular flexibility index (Phi) is 3.64. The van der Waals surface area contributed by atoms with E-state index in [9.17, 15) is 0 Å². The average Bonchev–Trinajstić information content (AvgIpc) is 2.14. The van der Waals surface area contributed by atoms with Crippen molar-refractivity contribution in [2.45, 2.75) is 19.9 Å². The molecule has 78 valence electrons. The molecule has 5 nitrogen and oxygen atoms in total. The van der Waals surface area contributed by atoms with Crippen LogP contribution in [0.25, 0.3) is 0 Å². The van der Waals surface area contributed by atoms with Crippen LogP contribution >= 0.6 is 0 Å². The molecule has 1 heterocycles. The third kappa shape index (κ3) is 2.85. The Morgan fingerprint density at radius 3 is 2.71 bits per heavy atom. The lowest BCUT2D eigenvalue weighted by Crippen LogP contribution is -2.29. The Morgan fingerprint density at radius 2 is 2.21 bits per heavy atom. The van der Waals surface area contributed by atoms with Gasteiger partial charge in [0.05, 0.1) is 25.0 Å². The van der Waals surface area contributed by atoms with Crippen molar-refractivity contribution in [3.05, 3.63) is 12.4 Å². The van der Waals surface area contributed by atoms with Crippen LogP contribution in [0.3, 0.4) is 0 Å². The first-order valence-corrected chi connectivity index (χ1v) is 4.58. The van der Waals surface area contributed by atoms with Gasteiger partial charge in [-0.05, 0) is 5.92 Å². The molecule has 0 aromatic carbocycles. The van der Waals surface area contributed by atoms with E-state index in [-0.39, 0.29) is 12.6 Å². The van der Waals surface area contributed by atoms with Crippen molar-refractivity contribution in [2.75, 3.05) is 17.7 Å². The van der Waals surface area contributed by atoms with Crippen LogP contribution in [0.4, 0.5) is 11.6 Å². The highest BCUT2D eigenvalue weighted by Crippen LogP contribution is 2.09. The monoisotopic (exact) mass is 196 g/mol. The summed E-state index contributed by atoms with van der Waals surface area (Å²) in [5.41, 5.74) is 5.48. The molecule has 0 amide bonds. The third-order valence-electron chi connectivity index (χ3n) is 1.99. The molecule has 0 radical (unpaired) electrons. The average molecular weight is 196 g/mol. The van der Waals surface area contributed by atoms with Gasteiger partial charge < -0.3 is 16.2 Å². The number of nitrogens with two attached hydrogens (primary N) is 1. The number of nitrogens with zero attached hydrogens (tertiary/aromatic N) is 2. The molecule has 0 unspecified atom stereocenters. The maximum absolute atomic E-state index is 9.09. The lowest BCUT2D eigenvalue weighted by molar-refractivity contribution is 0.249. The fourth-order valence-electron chi connectivity index (χ4n) is 1.06. The van der Waals surface area contributed by atoms with Gasteiger partial charge in [-0.3, -0.25) is 4.98 Å². The van der Waals surface area contributed by atoms with Crippen molar-refractivity contribution in [3.63, 3.8) is 0 Å². The highest BCUT2D eigenvalue weighted by molar-refractivity contribution is 5.39. The topological polar surface area (TPSA) is 84.1 Å². The van der Waals surface area contributed by atoms with Crippen LogP contribution in [0, 0.1) is 5.92 Å². The van der Waals surface area contributed by atoms with Crippen LogP contribution in [-0.4, -0.2) is 27.7 Å². The summed E-state index contributed by atoms with van der Waals surface area (Å²) in [4.78, 5) is 7.94. The number of aromatic nitrogens is 2. The molecule has 0 aliphatic rings. The number of hydrogen-bond acceptors (Lipinski definition) is 5. The molecule has 0 saturated heterocycles. The summed E-state index contributed by atoms with van der Waals surface area (Å²) in [6.45, 7) is 4.11. The second kappa shape index (κ2) is 4.76. The first-order valence-electron chi connectivity index (χ1n) is 4.58. The number of nitrogen functional groups attached to an aromatic ring is 1. The SMILES string of the molecule is CC(C)[C@@H](CO)Nc1cncc(N)n1. The largest absolute Gasteiger partial charge is 0.394 e. The molecule has 0 spiro atoms. The number of aliphatic hydroxyl groups excluding tert-OH is 1. The van der Waals surface area contributed by atoms with Crippen LogP contribution in [-0.2, 0) is 0 Å². The van der Waals surface area contributed by atoms with Crippen LogP contribution in [0.1, 0.15) is 13.8 Å². The lowest BCUT2D eigenvalue weighted by atomic mass is 10.1. The number of aliphatic hydroxyl groups is 1.